The molecule has 0 atom stereocenters. The third-order valence-corrected chi connectivity index (χ3v) is 6.13. The highest BCUT2D eigenvalue weighted by molar-refractivity contribution is 7.22. The summed E-state index contributed by atoms with van der Waals surface area (Å²) in [5, 5.41) is 6.59. The summed E-state index contributed by atoms with van der Waals surface area (Å²) < 4.78 is 7.43. The van der Waals surface area contributed by atoms with Crippen molar-refractivity contribution in [2.45, 2.75) is 26.2 Å². The maximum atomic E-state index is 6.29. The lowest BCUT2D eigenvalue weighted by atomic mass is 9.86. The van der Waals surface area contributed by atoms with Gasteiger partial charge in [0.05, 0.1) is 10.2 Å². The summed E-state index contributed by atoms with van der Waals surface area (Å²) in [4.78, 5) is 9.35. The smallest absolute Gasteiger partial charge is 0.243 e. The predicted molar refractivity (Wildman–Crippen MR) is 130 cm³/mol. The fourth-order valence-corrected chi connectivity index (χ4v) is 4.57. The van der Waals surface area contributed by atoms with Crippen LogP contribution in [0.25, 0.3) is 21.0 Å². The standard InChI is InChI=1S/C26H23N3OS/c1-26(2,3)19-11-6-7-13-21(19)30-24-20(12-8-16-27-24)28-25-29-23-18-10-5-4-9-17(18)14-15-22(23)31-25/h4-16H,1-3H3,(H,28,29). The van der Waals surface area contributed by atoms with Gasteiger partial charge in [-0.05, 0) is 35.1 Å². The molecule has 2 aromatic heterocycles. The number of hydrogen-bond acceptors (Lipinski definition) is 5. The molecule has 0 fully saturated rings. The van der Waals surface area contributed by atoms with Crippen LogP contribution in [0.2, 0.25) is 0 Å². The normalized spacial score (nSPS) is 11.7. The number of hydrogen-bond donors (Lipinski definition) is 1. The summed E-state index contributed by atoms with van der Waals surface area (Å²) >= 11 is 1.62. The van der Waals surface area contributed by atoms with E-state index in [4.69, 9.17) is 9.72 Å². The Morgan fingerprint density at radius 3 is 2.55 bits per heavy atom. The van der Waals surface area contributed by atoms with Crippen LogP contribution in [0, 0.1) is 0 Å². The number of anilines is 2. The SMILES string of the molecule is CC(C)(C)c1ccccc1Oc1ncccc1Nc1nc2c(ccc3ccccc32)s1. The average Bonchev–Trinajstić information content (AvgIpc) is 3.18. The Hall–Kier alpha value is -3.44. The molecular weight excluding hydrogens is 402 g/mol. The quantitative estimate of drug-likeness (QED) is 0.321. The molecule has 2 heterocycles. The van der Waals surface area contributed by atoms with E-state index in [9.17, 15) is 0 Å². The van der Waals surface area contributed by atoms with Crippen molar-refractivity contribution in [3.05, 3.63) is 84.6 Å². The van der Waals surface area contributed by atoms with Crippen molar-refractivity contribution in [3.63, 3.8) is 0 Å². The summed E-state index contributed by atoms with van der Waals surface area (Å²) in [6, 6.07) is 24.6. The van der Waals surface area contributed by atoms with Crippen LogP contribution in [0.1, 0.15) is 26.3 Å². The van der Waals surface area contributed by atoms with Gasteiger partial charge < -0.3 is 10.1 Å². The Bertz CT molecular complexity index is 1380. The van der Waals surface area contributed by atoms with Crippen molar-refractivity contribution in [3.8, 4) is 11.6 Å². The van der Waals surface area contributed by atoms with E-state index < -0.39 is 0 Å². The number of para-hydroxylation sites is 1. The molecule has 0 unspecified atom stereocenters. The Morgan fingerprint density at radius 2 is 1.68 bits per heavy atom. The molecule has 4 nitrogen and oxygen atoms in total. The minimum Gasteiger partial charge on any atom is -0.437 e. The molecule has 154 valence electrons. The number of nitrogens with zero attached hydrogens (tertiary/aromatic N) is 2. The lowest BCUT2D eigenvalue weighted by molar-refractivity contribution is 0.442. The Balaban J connectivity index is 1.50. The summed E-state index contributed by atoms with van der Waals surface area (Å²) in [6.07, 6.45) is 1.74. The van der Waals surface area contributed by atoms with Crippen LogP contribution >= 0.6 is 11.3 Å². The van der Waals surface area contributed by atoms with Gasteiger partial charge in [0.2, 0.25) is 5.88 Å². The van der Waals surface area contributed by atoms with E-state index in [0.29, 0.717) is 5.88 Å². The first-order chi connectivity index (χ1) is 15.0. The van der Waals surface area contributed by atoms with E-state index in [-0.39, 0.29) is 5.41 Å². The minimum absolute atomic E-state index is 0.0347. The second kappa shape index (κ2) is 7.67. The van der Waals surface area contributed by atoms with Gasteiger partial charge >= 0.3 is 0 Å². The molecule has 0 aliphatic heterocycles. The lowest BCUT2D eigenvalue weighted by Crippen LogP contribution is -2.12. The number of nitrogens with one attached hydrogen (secondary N) is 1. The summed E-state index contributed by atoms with van der Waals surface area (Å²) in [5.41, 5.74) is 2.90. The van der Waals surface area contributed by atoms with Crippen LogP contribution in [0.4, 0.5) is 10.8 Å². The topological polar surface area (TPSA) is 47.0 Å². The first-order valence-corrected chi connectivity index (χ1v) is 11.1. The fourth-order valence-electron chi connectivity index (χ4n) is 3.68. The molecule has 0 saturated carbocycles. The van der Waals surface area contributed by atoms with Gasteiger partial charge in [-0.2, -0.15) is 0 Å². The van der Waals surface area contributed by atoms with E-state index in [1.807, 2.05) is 42.5 Å². The predicted octanol–water partition coefficient (Wildman–Crippen LogP) is 7.68. The fraction of sp³-hybridized carbons (Fsp3) is 0.154. The van der Waals surface area contributed by atoms with Crippen molar-refractivity contribution in [2.24, 2.45) is 0 Å². The number of rotatable bonds is 4. The van der Waals surface area contributed by atoms with Gasteiger partial charge in [-0.3, -0.25) is 0 Å². The monoisotopic (exact) mass is 425 g/mol. The van der Waals surface area contributed by atoms with Crippen molar-refractivity contribution in [1.29, 1.82) is 0 Å². The van der Waals surface area contributed by atoms with Gasteiger partial charge in [0.1, 0.15) is 11.4 Å². The van der Waals surface area contributed by atoms with Gasteiger partial charge in [-0.25, -0.2) is 9.97 Å². The van der Waals surface area contributed by atoms with Crippen LogP contribution < -0.4 is 10.1 Å². The zero-order chi connectivity index (χ0) is 21.4. The number of ether oxygens (including phenoxy) is 1. The van der Waals surface area contributed by atoms with Gasteiger partial charge in [-0.15, -0.1) is 0 Å². The second-order valence-electron chi connectivity index (χ2n) is 8.48. The third-order valence-electron chi connectivity index (χ3n) is 5.20. The Morgan fingerprint density at radius 1 is 0.871 bits per heavy atom. The van der Waals surface area contributed by atoms with E-state index in [0.717, 1.165) is 37.7 Å². The van der Waals surface area contributed by atoms with Crippen molar-refractivity contribution >= 4 is 43.1 Å². The van der Waals surface area contributed by atoms with Gasteiger partial charge in [0.25, 0.3) is 0 Å². The van der Waals surface area contributed by atoms with Crippen LogP contribution in [0.5, 0.6) is 11.6 Å². The number of thiazole rings is 1. The summed E-state index contributed by atoms with van der Waals surface area (Å²) in [5.74, 6) is 1.34. The van der Waals surface area contributed by atoms with E-state index in [2.05, 4.69) is 61.4 Å². The van der Waals surface area contributed by atoms with Crippen LogP contribution in [0.3, 0.4) is 0 Å². The molecule has 0 aliphatic rings. The van der Waals surface area contributed by atoms with E-state index >= 15 is 0 Å². The molecule has 5 heteroatoms. The molecule has 31 heavy (non-hydrogen) atoms. The number of aromatic nitrogens is 2. The number of fused-ring (bicyclic) bond motifs is 3. The lowest BCUT2D eigenvalue weighted by Gasteiger charge is -2.22. The van der Waals surface area contributed by atoms with Crippen LogP contribution in [-0.2, 0) is 5.41 Å². The molecule has 1 N–H and O–H groups in total. The zero-order valence-corrected chi connectivity index (χ0v) is 18.5. The van der Waals surface area contributed by atoms with Gasteiger partial charge in [-0.1, -0.05) is 80.6 Å². The third kappa shape index (κ3) is 3.84. The molecule has 3 aromatic carbocycles. The first-order valence-electron chi connectivity index (χ1n) is 10.3. The van der Waals surface area contributed by atoms with E-state index in [1.165, 1.54) is 5.39 Å². The molecular formula is C26H23N3OS. The number of benzene rings is 3. The van der Waals surface area contributed by atoms with Crippen LogP contribution in [0.15, 0.2) is 79.0 Å². The van der Waals surface area contributed by atoms with Gasteiger partial charge in [0, 0.05) is 17.1 Å². The second-order valence-corrected chi connectivity index (χ2v) is 9.51. The molecule has 5 aromatic rings. The molecule has 0 bridgehead atoms. The van der Waals surface area contributed by atoms with E-state index in [1.54, 1.807) is 17.5 Å². The average molecular weight is 426 g/mol. The molecule has 0 aliphatic carbocycles. The van der Waals surface area contributed by atoms with Crippen LogP contribution in [-0.4, -0.2) is 9.97 Å². The molecule has 0 amide bonds. The van der Waals surface area contributed by atoms with Crippen molar-refractivity contribution < 1.29 is 4.74 Å². The van der Waals surface area contributed by atoms with Gasteiger partial charge in [0.15, 0.2) is 5.13 Å². The number of pyridine rings is 1. The minimum atomic E-state index is -0.0347. The first kappa shape index (κ1) is 19.5. The largest absolute Gasteiger partial charge is 0.437 e. The summed E-state index contributed by atoms with van der Waals surface area (Å²) in [6.45, 7) is 6.54. The highest BCUT2D eigenvalue weighted by Crippen LogP contribution is 2.38. The maximum Gasteiger partial charge on any atom is 0.243 e. The van der Waals surface area contributed by atoms with Crippen molar-refractivity contribution in [1.82, 2.24) is 9.97 Å². The maximum absolute atomic E-state index is 6.29. The molecule has 0 radical (unpaired) electrons. The Kier molecular flexibility index (Phi) is 4.83. The highest BCUT2D eigenvalue weighted by atomic mass is 32.1. The molecule has 5 rings (SSSR count). The summed E-state index contributed by atoms with van der Waals surface area (Å²) in [7, 11) is 0. The highest BCUT2D eigenvalue weighted by Gasteiger charge is 2.20. The Labute approximate surface area is 185 Å². The zero-order valence-electron chi connectivity index (χ0n) is 17.7. The van der Waals surface area contributed by atoms with Crippen molar-refractivity contribution in [2.75, 3.05) is 5.32 Å². The molecule has 0 spiro atoms. The molecule has 0 saturated heterocycles.